The molecule has 1 aromatic carbocycles. The van der Waals surface area contributed by atoms with E-state index in [-0.39, 0.29) is 5.92 Å². The van der Waals surface area contributed by atoms with E-state index in [1.165, 1.54) is 11.1 Å². The molecule has 1 aromatic rings. The van der Waals surface area contributed by atoms with Gasteiger partial charge in [0.1, 0.15) is 5.78 Å². The van der Waals surface area contributed by atoms with Crippen molar-refractivity contribution in [1.82, 2.24) is 0 Å². The van der Waals surface area contributed by atoms with E-state index in [9.17, 15) is 4.79 Å². The molecule has 0 fully saturated rings. The number of hydrogen-bond donors (Lipinski definition) is 0. The van der Waals surface area contributed by atoms with Gasteiger partial charge in [0.25, 0.3) is 0 Å². The van der Waals surface area contributed by atoms with Crippen LogP contribution in [0, 0.1) is 5.92 Å². The molecular weight excluding hydrogens is 184 g/mol. The summed E-state index contributed by atoms with van der Waals surface area (Å²) in [6, 6.07) is 8.58. The van der Waals surface area contributed by atoms with E-state index in [0.29, 0.717) is 12.2 Å². The Kier molecular flexibility index (Phi) is 4.54. The van der Waals surface area contributed by atoms with Crippen LogP contribution in [0.2, 0.25) is 0 Å². The van der Waals surface area contributed by atoms with E-state index in [0.717, 1.165) is 12.8 Å². The third-order valence-corrected chi connectivity index (χ3v) is 2.87. The van der Waals surface area contributed by atoms with Crippen molar-refractivity contribution in [3.8, 4) is 0 Å². The molecule has 0 aliphatic heterocycles. The Morgan fingerprint density at radius 2 is 1.67 bits per heavy atom. The van der Waals surface area contributed by atoms with Crippen molar-refractivity contribution >= 4 is 5.78 Å². The van der Waals surface area contributed by atoms with Crippen molar-refractivity contribution in [3.63, 3.8) is 0 Å². The van der Waals surface area contributed by atoms with Crippen molar-refractivity contribution in [2.75, 3.05) is 0 Å². The molecule has 0 radical (unpaired) electrons. The Morgan fingerprint density at radius 3 is 2.13 bits per heavy atom. The number of carbonyl (C=O) groups excluding carboxylic acids is 1. The van der Waals surface area contributed by atoms with E-state index in [1.54, 1.807) is 0 Å². The van der Waals surface area contributed by atoms with Gasteiger partial charge in [0, 0.05) is 12.3 Å². The lowest BCUT2D eigenvalue weighted by molar-refractivity contribution is -0.122. The Morgan fingerprint density at radius 1 is 1.13 bits per heavy atom. The zero-order chi connectivity index (χ0) is 11.3. The molecule has 0 amide bonds. The van der Waals surface area contributed by atoms with Gasteiger partial charge < -0.3 is 0 Å². The Hall–Kier alpha value is -1.11. The van der Waals surface area contributed by atoms with Gasteiger partial charge in [-0.15, -0.1) is 0 Å². The van der Waals surface area contributed by atoms with E-state index >= 15 is 0 Å². The number of rotatable bonds is 5. The van der Waals surface area contributed by atoms with Crippen LogP contribution in [0.25, 0.3) is 0 Å². The van der Waals surface area contributed by atoms with E-state index in [2.05, 4.69) is 31.2 Å². The summed E-state index contributed by atoms with van der Waals surface area (Å²) in [5, 5.41) is 0. The maximum atomic E-state index is 11.4. The van der Waals surface area contributed by atoms with Crippen molar-refractivity contribution in [2.45, 2.75) is 40.0 Å². The minimum absolute atomic E-state index is 0.155. The zero-order valence-corrected chi connectivity index (χ0v) is 9.92. The highest BCUT2D eigenvalue weighted by Crippen LogP contribution is 2.12. The second kappa shape index (κ2) is 5.69. The number of benzene rings is 1. The highest BCUT2D eigenvalue weighted by Gasteiger charge is 2.10. The predicted octanol–water partition coefficient (Wildman–Crippen LogP) is 3.41. The van der Waals surface area contributed by atoms with Crippen LogP contribution in [0.5, 0.6) is 0 Å². The van der Waals surface area contributed by atoms with Gasteiger partial charge in [-0.2, -0.15) is 0 Å². The van der Waals surface area contributed by atoms with Crippen LogP contribution >= 0.6 is 0 Å². The summed E-state index contributed by atoms with van der Waals surface area (Å²) < 4.78 is 0. The molecule has 0 aromatic heterocycles. The van der Waals surface area contributed by atoms with Crippen LogP contribution in [-0.4, -0.2) is 5.78 Å². The van der Waals surface area contributed by atoms with Gasteiger partial charge in [-0.05, 0) is 24.0 Å². The van der Waals surface area contributed by atoms with Crippen molar-refractivity contribution < 1.29 is 4.79 Å². The minimum Gasteiger partial charge on any atom is -0.299 e. The fraction of sp³-hybridized carbons (Fsp3) is 0.500. The number of ketones is 1. The SMILES string of the molecule is CCC(=O)C(C)Cc1ccc(CC)cc1. The first kappa shape index (κ1) is 12.0. The average molecular weight is 204 g/mol. The lowest BCUT2D eigenvalue weighted by atomic mass is 9.95. The molecule has 0 saturated carbocycles. The van der Waals surface area contributed by atoms with Gasteiger partial charge in [0.15, 0.2) is 0 Å². The van der Waals surface area contributed by atoms with Crippen LogP contribution < -0.4 is 0 Å². The molecule has 0 spiro atoms. The molecule has 1 heteroatoms. The normalized spacial score (nSPS) is 12.5. The molecule has 0 bridgehead atoms. The summed E-state index contributed by atoms with van der Waals surface area (Å²) >= 11 is 0. The molecule has 1 rings (SSSR count). The maximum absolute atomic E-state index is 11.4. The van der Waals surface area contributed by atoms with Gasteiger partial charge in [-0.25, -0.2) is 0 Å². The first-order valence-corrected chi connectivity index (χ1v) is 5.77. The maximum Gasteiger partial charge on any atom is 0.135 e. The second-order valence-corrected chi connectivity index (χ2v) is 4.10. The topological polar surface area (TPSA) is 17.1 Å². The number of aryl methyl sites for hydroxylation is 1. The number of carbonyl (C=O) groups is 1. The van der Waals surface area contributed by atoms with Crippen LogP contribution in [0.3, 0.4) is 0 Å². The highest BCUT2D eigenvalue weighted by molar-refractivity contribution is 5.80. The Balaban J connectivity index is 2.60. The van der Waals surface area contributed by atoms with Gasteiger partial charge in [0.2, 0.25) is 0 Å². The highest BCUT2D eigenvalue weighted by atomic mass is 16.1. The molecule has 1 nitrogen and oxygen atoms in total. The summed E-state index contributed by atoms with van der Waals surface area (Å²) in [5.41, 5.74) is 2.62. The molecule has 15 heavy (non-hydrogen) atoms. The van der Waals surface area contributed by atoms with Crippen LogP contribution in [0.1, 0.15) is 38.3 Å². The summed E-state index contributed by atoms with van der Waals surface area (Å²) in [6.45, 7) is 6.09. The smallest absolute Gasteiger partial charge is 0.135 e. The lowest BCUT2D eigenvalue weighted by Crippen LogP contribution is -2.12. The molecule has 0 N–H and O–H groups in total. The standard InChI is InChI=1S/C14H20O/c1-4-12-6-8-13(9-7-12)10-11(3)14(15)5-2/h6-9,11H,4-5,10H2,1-3H3. The molecule has 0 aliphatic rings. The van der Waals surface area contributed by atoms with Crippen LogP contribution in [0.15, 0.2) is 24.3 Å². The summed E-state index contributed by atoms with van der Waals surface area (Å²) in [7, 11) is 0. The average Bonchev–Trinajstić information content (AvgIpc) is 2.29. The predicted molar refractivity (Wildman–Crippen MR) is 64.0 cm³/mol. The molecule has 1 atom stereocenters. The van der Waals surface area contributed by atoms with Crippen molar-refractivity contribution in [3.05, 3.63) is 35.4 Å². The quantitative estimate of drug-likeness (QED) is 0.718. The molecule has 1 unspecified atom stereocenters. The third kappa shape index (κ3) is 3.50. The van der Waals surface area contributed by atoms with E-state index in [4.69, 9.17) is 0 Å². The number of hydrogen-bond acceptors (Lipinski definition) is 1. The van der Waals surface area contributed by atoms with Gasteiger partial charge in [-0.3, -0.25) is 4.79 Å². The van der Waals surface area contributed by atoms with Crippen LogP contribution in [-0.2, 0) is 17.6 Å². The summed E-state index contributed by atoms with van der Waals surface area (Å²) in [4.78, 5) is 11.4. The number of Topliss-reactive ketones (excluding diaryl/α,β-unsaturated/α-hetero) is 1. The third-order valence-electron chi connectivity index (χ3n) is 2.87. The molecule has 82 valence electrons. The first-order chi connectivity index (χ1) is 7.17. The van der Waals surface area contributed by atoms with Crippen molar-refractivity contribution in [1.29, 1.82) is 0 Å². The fourth-order valence-corrected chi connectivity index (χ4v) is 1.73. The van der Waals surface area contributed by atoms with Crippen molar-refractivity contribution in [2.24, 2.45) is 5.92 Å². The molecule has 0 heterocycles. The Labute approximate surface area is 92.5 Å². The Bertz CT molecular complexity index is 311. The van der Waals surface area contributed by atoms with Gasteiger partial charge in [-0.1, -0.05) is 45.0 Å². The van der Waals surface area contributed by atoms with Gasteiger partial charge >= 0.3 is 0 Å². The van der Waals surface area contributed by atoms with Crippen LogP contribution in [0.4, 0.5) is 0 Å². The second-order valence-electron chi connectivity index (χ2n) is 4.10. The largest absolute Gasteiger partial charge is 0.299 e. The minimum atomic E-state index is 0.155. The molecular formula is C14H20O. The van der Waals surface area contributed by atoms with E-state index in [1.807, 2.05) is 13.8 Å². The monoisotopic (exact) mass is 204 g/mol. The summed E-state index contributed by atoms with van der Waals surface area (Å²) in [6.07, 6.45) is 2.59. The zero-order valence-electron chi connectivity index (χ0n) is 9.92. The summed E-state index contributed by atoms with van der Waals surface area (Å²) in [5.74, 6) is 0.511. The fourth-order valence-electron chi connectivity index (χ4n) is 1.73. The lowest BCUT2D eigenvalue weighted by Gasteiger charge is -2.09. The molecule has 0 saturated heterocycles. The van der Waals surface area contributed by atoms with Gasteiger partial charge in [0.05, 0.1) is 0 Å². The van der Waals surface area contributed by atoms with E-state index < -0.39 is 0 Å². The molecule has 0 aliphatic carbocycles. The first-order valence-electron chi connectivity index (χ1n) is 5.77.